The summed E-state index contributed by atoms with van der Waals surface area (Å²) < 4.78 is 6.73. The zero-order chi connectivity index (χ0) is 14.7. The summed E-state index contributed by atoms with van der Waals surface area (Å²) in [6.07, 6.45) is 3.74. The molecule has 1 atom stereocenters. The SMILES string of the molecule is O=C(CCC1CCNC1)NCc1cc(Br)cc2c1OCC2. The Morgan fingerprint density at radius 3 is 3.19 bits per heavy atom. The van der Waals surface area contributed by atoms with Gasteiger partial charge in [0, 0.05) is 29.4 Å². The van der Waals surface area contributed by atoms with E-state index in [0.29, 0.717) is 18.9 Å². The normalized spacial score (nSPS) is 20.1. The third-order valence-electron chi connectivity index (χ3n) is 4.24. The number of hydrogen-bond donors (Lipinski definition) is 2. The van der Waals surface area contributed by atoms with Crippen LogP contribution in [0.3, 0.4) is 0 Å². The third-order valence-corrected chi connectivity index (χ3v) is 4.70. The van der Waals surface area contributed by atoms with Crippen molar-refractivity contribution in [3.63, 3.8) is 0 Å². The number of ether oxygens (including phenoxy) is 1. The second-order valence-electron chi connectivity index (χ2n) is 5.83. The maximum atomic E-state index is 12.0. The summed E-state index contributed by atoms with van der Waals surface area (Å²) in [5, 5.41) is 6.35. The summed E-state index contributed by atoms with van der Waals surface area (Å²) in [6, 6.07) is 4.13. The molecule has 4 nitrogen and oxygen atoms in total. The molecule has 1 fully saturated rings. The van der Waals surface area contributed by atoms with E-state index in [2.05, 4.69) is 32.6 Å². The van der Waals surface area contributed by atoms with Gasteiger partial charge in [-0.1, -0.05) is 15.9 Å². The van der Waals surface area contributed by atoms with E-state index in [1.54, 1.807) is 0 Å². The number of amides is 1. The fourth-order valence-corrected chi connectivity index (χ4v) is 3.61. The summed E-state index contributed by atoms with van der Waals surface area (Å²) in [7, 11) is 0. The Kier molecular flexibility index (Phi) is 4.80. The highest BCUT2D eigenvalue weighted by molar-refractivity contribution is 9.10. The zero-order valence-corrected chi connectivity index (χ0v) is 13.7. The monoisotopic (exact) mass is 352 g/mol. The molecule has 5 heteroatoms. The minimum absolute atomic E-state index is 0.133. The number of fused-ring (bicyclic) bond motifs is 1. The largest absolute Gasteiger partial charge is 0.493 e. The molecule has 1 aromatic rings. The molecule has 3 rings (SSSR count). The minimum atomic E-state index is 0.133. The van der Waals surface area contributed by atoms with Gasteiger partial charge in [0.2, 0.25) is 5.91 Å². The number of hydrogen-bond acceptors (Lipinski definition) is 3. The van der Waals surface area contributed by atoms with Crippen molar-refractivity contribution in [1.82, 2.24) is 10.6 Å². The van der Waals surface area contributed by atoms with Crippen molar-refractivity contribution in [1.29, 1.82) is 0 Å². The van der Waals surface area contributed by atoms with E-state index < -0.39 is 0 Å². The van der Waals surface area contributed by atoms with Crippen LogP contribution in [0.15, 0.2) is 16.6 Å². The predicted octanol–water partition coefficient (Wildman–Crippen LogP) is 2.39. The van der Waals surface area contributed by atoms with Crippen LogP contribution in [-0.2, 0) is 17.8 Å². The topological polar surface area (TPSA) is 50.4 Å². The molecule has 2 aliphatic rings. The van der Waals surface area contributed by atoms with Crippen molar-refractivity contribution in [2.24, 2.45) is 5.92 Å². The van der Waals surface area contributed by atoms with E-state index in [-0.39, 0.29) is 5.91 Å². The maximum Gasteiger partial charge on any atom is 0.220 e. The molecule has 114 valence electrons. The van der Waals surface area contributed by atoms with Crippen LogP contribution in [0.5, 0.6) is 5.75 Å². The Labute approximate surface area is 133 Å². The number of carbonyl (C=O) groups excluding carboxylic acids is 1. The molecule has 0 aromatic heterocycles. The molecule has 1 amide bonds. The van der Waals surface area contributed by atoms with E-state index in [0.717, 1.165) is 48.3 Å². The van der Waals surface area contributed by atoms with E-state index in [1.165, 1.54) is 12.0 Å². The fourth-order valence-electron chi connectivity index (χ4n) is 3.06. The molecule has 1 saturated heterocycles. The summed E-state index contributed by atoms with van der Waals surface area (Å²) in [6.45, 7) is 3.43. The molecule has 1 unspecified atom stereocenters. The molecule has 21 heavy (non-hydrogen) atoms. The summed E-state index contributed by atoms with van der Waals surface area (Å²) >= 11 is 3.52. The van der Waals surface area contributed by atoms with E-state index in [4.69, 9.17) is 4.74 Å². The first-order valence-electron chi connectivity index (χ1n) is 7.64. The first kappa shape index (κ1) is 14.9. The van der Waals surface area contributed by atoms with Gasteiger partial charge in [-0.2, -0.15) is 0 Å². The molecular weight excluding hydrogens is 332 g/mol. The highest BCUT2D eigenvalue weighted by Crippen LogP contribution is 2.32. The van der Waals surface area contributed by atoms with Gasteiger partial charge in [-0.15, -0.1) is 0 Å². The van der Waals surface area contributed by atoms with Crippen molar-refractivity contribution in [3.05, 3.63) is 27.7 Å². The molecule has 2 N–H and O–H groups in total. The second-order valence-corrected chi connectivity index (χ2v) is 6.74. The highest BCUT2D eigenvalue weighted by Gasteiger charge is 2.19. The lowest BCUT2D eigenvalue weighted by Gasteiger charge is -2.11. The van der Waals surface area contributed by atoms with Crippen LogP contribution in [0.25, 0.3) is 0 Å². The Hall–Kier alpha value is -1.07. The smallest absolute Gasteiger partial charge is 0.220 e. The minimum Gasteiger partial charge on any atom is -0.493 e. The van der Waals surface area contributed by atoms with Gasteiger partial charge in [0.05, 0.1) is 6.61 Å². The molecule has 2 aliphatic heterocycles. The summed E-state index contributed by atoms with van der Waals surface area (Å²) in [5.41, 5.74) is 2.29. The molecule has 2 heterocycles. The Balaban J connectivity index is 1.51. The Morgan fingerprint density at radius 2 is 2.38 bits per heavy atom. The lowest BCUT2D eigenvalue weighted by molar-refractivity contribution is -0.121. The molecule has 1 aromatic carbocycles. The van der Waals surface area contributed by atoms with Crippen LogP contribution in [0, 0.1) is 5.92 Å². The van der Waals surface area contributed by atoms with E-state index in [9.17, 15) is 4.79 Å². The van der Waals surface area contributed by atoms with Gasteiger partial charge < -0.3 is 15.4 Å². The van der Waals surface area contributed by atoms with Crippen LogP contribution in [-0.4, -0.2) is 25.6 Å². The van der Waals surface area contributed by atoms with Crippen molar-refractivity contribution in [2.45, 2.75) is 32.2 Å². The van der Waals surface area contributed by atoms with Gasteiger partial charge in [-0.25, -0.2) is 0 Å². The Bertz CT molecular complexity index is 527. The average Bonchev–Trinajstić information content (AvgIpc) is 3.13. The van der Waals surface area contributed by atoms with Gasteiger partial charge in [0.1, 0.15) is 5.75 Å². The number of benzene rings is 1. The lowest BCUT2D eigenvalue weighted by Crippen LogP contribution is -2.23. The van der Waals surface area contributed by atoms with E-state index >= 15 is 0 Å². The second kappa shape index (κ2) is 6.79. The number of carbonyl (C=O) groups is 1. The number of nitrogens with one attached hydrogen (secondary N) is 2. The van der Waals surface area contributed by atoms with Crippen LogP contribution in [0.1, 0.15) is 30.4 Å². The van der Waals surface area contributed by atoms with E-state index in [1.807, 2.05) is 6.07 Å². The number of rotatable bonds is 5. The third kappa shape index (κ3) is 3.77. The molecule has 0 saturated carbocycles. The molecule has 0 bridgehead atoms. The van der Waals surface area contributed by atoms with Crippen LogP contribution in [0.4, 0.5) is 0 Å². The number of halogens is 1. The molecular formula is C16H21BrN2O2. The first-order chi connectivity index (χ1) is 10.2. The van der Waals surface area contributed by atoms with Crippen LogP contribution >= 0.6 is 15.9 Å². The van der Waals surface area contributed by atoms with Crippen LogP contribution < -0.4 is 15.4 Å². The molecule has 0 aliphatic carbocycles. The van der Waals surface area contributed by atoms with Gasteiger partial charge in [-0.05, 0) is 49.5 Å². The van der Waals surface area contributed by atoms with Gasteiger partial charge >= 0.3 is 0 Å². The zero-order valence-electron chi connectivity index (χ0n) is 12.1. The summed E-state index contributed by atoms with van der Waals surface area (Å²) in [5.74, 6) is 1.75. The molecule has 0 radical (unpaired) electrons. The Morgan fingerprint density at radius 1 is 1.48 bits per heavy atom. The molecule has 0 spiro atoms. The fraction of sp³-hybridized carbons (Fsp3) is 0.562. The van der Waals surface area contributed by atoms with Crippen molar-refractivity contribution in [3.8, 4) is 5.75 Å². The van der Waals surface area contributed by atoms with Crippen molar-refractivity contribution in [2.75, 3.05) is 19.7 Å². The lowest BCUT2D eigenvalue weighted by atomic mass is 10.0. The predicted molar refractivity (Wildman–Crippen MR) is 85.4 cm³/mol. The average molecular weight is 353 g/mol. The van der Waals surface area contributed by atoms with Crippen molar-refractivity contribution < 1.29 is 9.53 Å². The summed E-state index contributed by atoms with van der Waals surface area (Å²) in [4.78, 5) is 12.0. The highest BCUT2D eigenvalue weighted by atomic mass is 79.9. The maximum absolute atomic E-state index is 12.0. The van der Waals surface area contributed by atoms with Crippen molar-refractivity contribution >= 4 is 21.8 Å². The van der Waals surface area contributed by atoms with Gasteiger partial charge in [0.15, 0.2) is 0 Å². The standard InChI is InChI=1S/C16H21BrN2O2/c17-14-7-12-4-6-21-16(12)13(8-14)10-19-15(20)2-1-11-3-5-18-9-11/h7-8,11,18H,1-6,9-10H2,(H,19,20). The van der Waals surface area contributed by atoms with Crippen LogP contribution in [0.2, 0.25) is 0 Å². The van der Waals surface area contributed by atoms with Gasteiger partial charge in [-0.3, -0.25) is 4.79 Å². The quantitative estimate of drug-likeness (QED) is 0.855. The van der Waals surface area contributed by atoms with Gasteiger partial charge in [0.25, 0.3) is 0 Å². The first-order valence-corrected chi connectivity index (χ1v) is 8.43.